The van der Waals surface area contributed by atoms with Crippen LogP contribution in [0.15, 0.2) is 77.7 Å². The lowest BCUT2D eigenvalue weighted by atomic mass is 9.88. The lowest BCUT2D eigenvalue weighted by Gasteiger charge is -2.31. The number of nitrogens with zero attached hydrogens (tertiary/aromatic N) is 3. The summed E-state index contributed by atoms with van der Waals surface area (Å²) in [6, 6.07) is 23.1. The van der Waals surface area contributed by atoms with E-state index in [1.807, 2.05) is 30.3 Å². The zero-order chi connectivity index (χ0) is 24.6. The number of fused-ring (bicyclic) bond motifs is 1. The van der Waals surface area contributed by atoms with Crippen molar-refractivity contribution in [1.82, 2.24) is 8.87 Å². The molecule has 35 heavy (non-hydrogen) atoms. The number of aromatic nitrogens is 1. The molecule has 1 aliphatic heterocycles. The number of hydrogen-bond donors (Lipinski definition) is 0. The second kappa shape index (κ2) is 9.29. The molecule has 0 saturated carbocycles. The van der Waals surface area contributed by atoms with Crippen LogP contribution in [-0.2, 0) is 16.6 Å². The molecule has 7 heteroatoms. The van der Waals surface area contributed by atoms with Gasteiger partial charge in [0.25, 0.3) is 0 Å². The van der Waals surface area contributed by atoms with Crippen LogP contribution in [-0.4, -0.2) is 30.4 Å². The molecule has 0 amide bonds. The average Bonchev–Trinajstić information content (AvgIpc) is 3.16. The summed E-state index contributed by atoms with van der Waals surface area (Å²) < 4.78 is 43.6. The molecule has 5 nitrogen and oxygen atoms in total. The van der Waals surface area contributed by atoms with Gasteiger partial charge in [0.1, 0.15) is 5.82 Å². The Morgan fingerprint density at radius 1 is 1.00 bits per heavy atom. The van der Waals surface area contributed by atoms with E-state index in [2.05, 4.69) is 23.6 Å². The maximum absolute atomic E-state index is 13.4. The van der Waals surface area contributed by atoms with Gasteiger partial charge in [-0.05, 0) is 73.2 Å². The molecule has 2 heterocycles. The molecule has 1 saturated heterocycles. The van der Waals surface area contributed by atoms with Gasteiger partial charge < -0.3 is 4.57 Å². The van der Waals surface area contributed by atoms with Crippen molar-refractivity contribution in [2.45, 2.75) is 37.1 Å². The van der Waals surface area contributed by atoms with E-state index in [0.29, 0.717) is 25.2 Å². The number of nitriles is 1. The number of benzene rings is 3. The van der Waals surface area contributed by atoms with Crippen LogP contribution in [0.3, 0.4) is 0 Å². The third-order valence-electron chi connectivity index (χ3n) is 7.00. The van der Waals surface area contributed by atoms with Crippen molar-refractivity contribution in [1.29, 1.82) is 5.26 Å². The number of hydrogen-bond acceptors (Lipinski definition) is 3. The van der Waals surface area contributed by atoms with Gasteiger partial charge in [-0.3, -0.25) is 0 Å². The molecule has 178 valence electrons. The van der Waals surface area contributed by atoms with Gasteiger partial charge in [-0.15, -0.1) is 0 Å². The van der Waals surface area contributed by atoms with Gasteiger partial charge in [0.05, 0.1) is 16.5 Å². The normalized spacial score (nSPS) is 15.3. The standard InChI is InChI=1S/C28H26FN3O2S/c1-20-28(26-7-2-3-8-27(26)32(20)19-21-9-11-24(29)12-10-21)23-13-15-31(16-14-23)35(33,34)25-6-4-5-22(17-25)18-30/h2-12,17,23H,13-16,19H2,1H3. The molecule has 1 aromatic heterocycles. The van der Waals surface area contributed by atoms with Crippen molar-refractivity contribution in [2.75, 3.05) is 13.1 Å². The first-order valence-electron chi connectivity index (χ1n) is 11.7. The molecule has 0 atom stereocenters. The van der Waals surface area contributed by atoms with Crippen LogP contribution in [0.1, 0.15) is 41.1 Å². The Kier molecular flexibility index (Phi) is 6.18. The average molecular weight is 488 g/mol. The summed E-state index contributed by atoms with van der Waals surface area (Å²) in [6.07, 6.45) is 1.45. The molecule has 4 aromatic rings. The molecular weight excluding hydrogens is 461 g/mol. The summed E-state index contributed by atoms with van der Waals surface area (Å²) in [5, 5.41) is 10.3. The summed E-state index contributed by atoms with van der Waals surface area (Å²) in [7, 11) is -3.65. The van der Waals surface area contributed by atoms with Gasteiger partial charge in [0, 0.05) is 36.2 Å². The van der Waals surface area contributed by atoms with E-state index in [4.69, 9.17) is 5.26 Å². The minimum Gasteiger partial charge on any atom is -0.340 e. The van der Waals surface area contributed by atoms with E-state index in [1.54, 1.807) is 18.2 Å². The predicted octanol–water partition coefficient (Wildman–Crippen LogP) is 5.58. The van der Waals surface area contributed by atoms with Crippen LogP contribution in [0.2, 0.25) is 0 Å². The molecule has 1 aliphatic rings. The summed E-state index contributed by atoms with van der Waals surface area (Å²) in [5.41, 5.74) is 4.94. The third-order valence-corrected chi connectivity index (χ3v) is 8.89. The van der Waals surface area contributed by atoms with Crippen LogP contribution >= 0.6 is 0 Å². The molecule has 1 fully saturated rings. The lowest BCUT2D eigenvalue weighted by molar-refractivity contribution is 0.319. The van der Waals surface area contributed by atoms with E-state index in [-0.39, 0.29) is 16.6 Å². The second-order valence-corrected chi connectivity index (χ2v) is 11.0. The number of rotatable bonds is 5. The van der Waals surface area contributed by atoms with Gasteiger partial charge in [0.15, 0.2) is 0 Å². The fourth-order valence-corrected chi connectivity index (χ4v) is 6.73. The number of sulfonamides is 1. The molecule has 3 aromatic carbocycles. The summed E-state index contributed by atoms with van der Waals surface area (Å²) in [4.78, 5) is 0.169. The molecular formula is C28H26FN3O2S. The number of piperidine rings is 1. The molecule has 0 spiro atoms. The van der Waals surface area contributed by atoms with Gasteiger partial charge in [0.2, 0.25) is 10.0 Å². The van der Waals surface area contributed by atoms with Crippen LogP contribution in [0, 0.1) is 24.1 Å². The highest BCUT2D eigenvalue weighted by molar-refractivity contribution is 7.89. The van der Waals surface area contributed by atoms with Crippen molar-refractivity contribution in [3.63, 3.8) is 0 Å². The van der Waals surface area contributed by atoms with Gasteiger partial charge in [-0.2, -0.15) is 9.57 Å². The molecule has 0 aliphatic carbocycles. The SMILES string of the molecule is Cc1c(C2CCN(S(=O)(=O)c3cccc(C#N)c3)CC2)c2ccccc2n1Cc1ccc(F)cc1. The smallest absolute Gasteiger partial charge is 0.243 e. The first-order valence-corrected chi connectivity index (χ1v) is 13.1. The van der Waals surface area contributed by atoms with Crippen molar-refractivity contribution in [3.05, 3.63) is 101 Å². The first kappa shape index (κ1) is 23.3. The van der Waals surface area contributed by atoms with Crippen LogP contribution < -0.4 is 0 Å². The minimum atomic E-state index is -3.65. The van der Waals surface area contributed by atoms with E-state index >= 15 is 0 Å². The Morgan fingerprint density at radius 2 is 1.71 bits per heavy atom. The van der Waals surface area contributed by atoms with E-state index in [0.717, 1.165) is 23.9 Å². The lowest BCUT2D eigenvalue weighted by Crippen LogP contribution is -2.38. The molecule has 0 N–H and O–H groups in total. The van der Waals surface area contributed by atoms with Crippen molar-refractivity contribution in [3.8, 4) is 6.07 Å². The topological polar surface area (TPSA) is 66.1 Å². The maximum Gasteiger partial charge on any atom is 0.243 e. The summed E-state index contributed by atoms with van der Waals surface area (Å²) in [5.74, 6) is -0.00384. The third kappa shape index (κ3) is 4.36. The van der Waals surface area contributed by atoms with Crippen LogP contribution in [0.5, 0.6) is 0 Å². The molecule has 5 rings (SSSR count). The summed E-state index contributed by atoms with van der Waals surface area (Å²) in [6.45, 7) is 3.63. The van der Waals surface area contributed by atoms with E-state index in [1.165, 1.54) is 39.1 Å². The fourth-order valence-electron chi connectivity index (χ4n) is 5.21. The predicted molar refractivity (Wildman–Crippen MR) is 134 cm³/mol. The highest BCUT2D eigenvalue weighted by atomic mass is 32.2. The molecule has 0 bridgehead atoms. The van der Waals surface area contributed by atoms with Crippen LogP contribution in [0.25, 0.3) is 10.9 Å². The monoisotopic (exact) mass is 487 g/mol. The second-order valence-electron chi connectivity index (χ2n) is 9.05. The highest BCUT2D eigenvalue weighted by Gasteiger charge is 2.32. The summed E-state index contributed by atoms with van der Waals surface area (Å²) >= 11 is 0. The number of halogens is 1. The van der Waals surface area contributed by atoms with Crippen molar-refractivity contribution < 1.29 is 12.8 Å². The maximum atomic E-state index is 13.4. The highest BCUT2D eigenvalue weighted by Crippen LogP contribution is 2.38. The Morgan fingerprint density at radius 3 is 2.43 bits per heavy atom. The fraction of sp³-hybridized carbons (Fsp3) is 0.250. The van der Waals surface area contributed by atoms with E-state index in [9.17, 15) is 12.8 Å². The van der Waals surface area contributed by atoms with Gasteiger partial charge in [-0.25, -0.2) is 12.8 Å². The van der Waals surface area contributed by atoms with Crippen molar-refractivity contribution in [2.24, 2.45) is 0 Å². The van der Waals surface area contributed by atoms with Gasteiger partial charge in [-0.1, -0.05) is 36.4 Å². The minimum absolute atomic E-state index is 0.169. The largest absolute Gasteiger partial charge is 0.340 e. The Labute approximate surface area is 205 Å². The Balaban J connectivity index is 1.42. The van der Waals surface area contributed by atoms with Crippen molar-refractivity contribution >= 4 is 20.9 Å². The molecule has 0 unspecified atom stereocenters. The Hall–Kier alpha value is -3.47. The quantitative estimate of drug-likeness (QED) is 0.369. The number of para-hydroxylation sites is 1. The zero-order valence-corrected chi connectivity index (χ0v) is 20.3. The van der Waals surface area contributed by atoms with Crippen LogP contribution in [0.4, 0.5) is 4.39 Å². The molecule has 0 radical (unpaired) electrons. The zero-order valence-electron chi connectivity index (χ0n) is 19.5. The van der Waals surface area contributed by atoms with E-state index < -0.39 is 10.0 Å². The van der Waals surface area contributed by atoms with Gasteiger partial charge >= 0.3 is 0 Å². The Bertz CT molecular complexity index is 1530. The first-order chi connectivity index (χ1) is 16.9.